The highest BCUT2D eigenvalue weighted by Crippen LogP contribution is 2.02. The molecule has 4 heteroatoms. The van der Waals surface area contributed by atoms with Gasteiger partial charge in [0.05, 0.1) is 0 Å². The fourth-order valence-electron chi connectivity index (χ4n) is 0.539. The Hall–Kier alpha value is -0.540. The molecule has 0 unspecified atom stereocenters. The second kappa shape index (κ2) is 5.16. The molecule has 2 N–H and O–H groups in total. The molecule has 0 spiro atoms. The van der Waals surface area contributed by atoms with Gasteiger partial charge in [-0.1, -0.05) is 6.58 Å². The van der Waals surface area contributed by atoms with Crippen molar-refractivity contribution in [3.63, 3.8) is 0 Å². The summed E-state index contributed by atoms with van der Waals surface area (Å²) in [6.45, 7) is 6.11. The number of carbonyl (C=O) groups excluding carboxylic acids is 1. The minimum Gasteiger partial charge on any atom is -0.330 e. The zero-order chi connectivity index (χ0) is 8.85. The Balaban J connectivity index is 3.73. The molecule has 0 aromatic carbocycles. The summed E-state index contributed by atoms with van der Waals surface area (Å²) in [7, 11) is 0. The lowest BCUT2D eigenvalue weighted by molar-refractivity contribution is -0.122. The molecule has 1 amide bonds. The summed E-state index contributed by atoms with van der Waals surface area (Å²) in [6.07, 6.45) is 0.711. The van der Waals surface area contributed by atoms with E-state index in [0.29, 0.717) is 25.1 Å². The largest absolute Gasteiger partial charge is 0.330 e. The topological polar surface area (TPSA) is 46.3 Å². The molecule has 0 saturated heterocycles. The predicted octanol–water partition coefficient (Wildman–Crippen LogP) is 0.894. The fraction of sp³-hybridized carbons (Fsp3) is 0.571. The highest BCUT2D eigenvalue weighted by molar-refractivity contribution is 6.23. The maximum Gasteiger partial charge on any atom is 0.263 e. The Kier molecular flexibility index (Phi) is 4.90. The second-order valence-electron chi connectivity index (χ2n) is 2.31. The van der Waals surface area contributed by atoms with Gasteiger partial charge in [-0.2, -0.15) is 0 Å². The number of hydrogen-bond donors (Lipinski definition) is 1. The van der Waals surface area contributed by atoms with Crippen molar-refractivity contribution in [1.82, 2.24) is 4.42 Å². The van der Waals surface area contributed by atoms with Crippen molar-refractivity contribution in [3.8, 4) is 0 Å². The molecule has 0 bridgehead atoms. The van der Waals surface area contributed by atoms with Crippen LogP contribution < -0.4 is 5.73 Å². The molecule has 0 aliphatic heterocycles. The number of halogens is 1. The van der Waals surface area contributed by atoms with E-state index in [9.17, 15) is 4.79 Å². The van der Waals surface area contributed by atoms with Crippen LogP contribution in [-0.2, 0) is 4.79 Å². The van der Waals surface area contributed by atoms with Gasteiger partial charge in [-0.25, -0.2) is 0 Å². The number of carbonyl (C=O) groups is 1. The van der Waals surface area contributed by atoms with E-state index >= 15 is 0 Å². The highest BCUT2D eigenvalue weighted by Gasteiger charge is 2.09. The summed E-state index contributed by atoms with van der Waals surface area (Å²) in [5.41, 5.74) is 5.68. The monoisotopic (exact) mass is 176 g/mol. The summed E-state index contributed by atoms with van der Waals surface area (Å²) in [5.74, 6) is -0.236. The van der Waals surface area contributed by atoms with Crippen LogP contribution in [0.5, 0.6) is 0 Å². The number of rotatable bonds is 4. The van der Waals surface area contributed by atoms with Crippen LogP contribution in [-0.4, -0.2) is 23.4 Å². The lowest BCUT2D eigenvalue weighted by atomic mass is 10.3. The Morgan fingerprint density at radius 3 is 2.64 bits per heavy atom. The van der Waals surface area contributed by atoms with E-state index in [1.807, 2.05) is 0 Å². The van der Waals surface area contributed by atoms with Crippen molar-refractivity contribution in [2.45, 2.75) is 13.3 Å². The summed E-state index contributed by atoms with van der Waals surface area (Å²) in [4.78, 5) is 11.0. The van der Waals surface area contributed by atoms with E-state index in [2.05, 4.69) is 6.58 Å². The standard InChI is InChI=1S/C7H13ClN2O/c1-6(2)7(11)10(8)5-3-4-9/h1,3-5,9H2,2H3. The molecule has 0 radical (unpaired) electrons. The lowest BCUT2D eigenvalue weighted by Crippen LogP contribution is -2.24. The summed E-state index contributed by atoms with van der Waals surface area (Å²) < 4.78 is 1.11. The van der Waals surface area contributed by atoms with Crippen molar-refractivity contribution in [2.75, 3.05) is 13.1 Å². The van der Waals surface area contributed by atoms with Crippen LogP contribution >= 0.6 is 11.8 Å². The molecule has 0 aromatic heterocycles. The predicted molar refractivity (Wildman–Crippen MR) is 46.1 cm³/mol. The van der Waals surface area contributed by atoms with Gasteiger partial charge in [-0.15, -0.1) is 0 Å². The SMILES string of the molecule is C=C(C)C(=O)N(Cl)CCCN. The molecular weight excluding hydrogens is 164 g/mol. The van der Waals surface area contributed by atoms with Crippen molar-refractivity contribution in [3.05, 3.63) is 12.2 Å². The molecule has 64 valence electrons. The number of nitrogens with two attached hydrogens (primary N) is 1. The van der Waals surface area contributed by atoms with Crippen molar-refractivity contribution in [1.29, 1.82) is 0 Å². The smallest absolute Gasteiger partial charge is 0.263 e. The van der Waals surface area contributed by atoms with Crippen molar-refractivity contribution < 1.29 is 4.79 Å². The van der Waals surface area contributed by atoms with Crippen molar-refractivity contribution in [2.24, 2.45) is 5.73 Å². The van der Waals surface area contributed by atoms with Crippen LogP contribution in [0.15, 0.2) is 12.2 Å². The molecule has 0 rings (SSSR count). The zero-order valence-corrected chi connectivity index (χ0v) is 7.40. The van der Waals surface area contributed by atoms with Crippen molar-refractivity contribution >= 4 is 17.7 Å². The highest BCUT2D eigenvalue weighted by atomic mass is 35.5. The molecule has 0 atom stereocenters. The van der Waals surface area contributed by atoms with Gasteiger partial charge < -0.3 is 5.73 Å². The molecule has 0 aliphatic carbocycles. The Bertz CT molecular complexity index is 159. The summed E-state index contributed by atoms with van der Waals surface area (Å²) in [5, 5.41) is 0. The van der Waals surface area contributed by atoms with Crippen LogP contribution in [0.25, 0.3) is 0 Å². The molecule has 0 aromatic rings. The van der Waals surface area contributed by atoms with Crippen LogP contribution in [0.1, 0.15) is 13.3 Å². The Morgan fingerprint density at radius 2 is 2.27 bits per heavy atom. The first-order valence-corrected chi connectivity index (χ1v) is 3.76. The number of hydrogen-bond acceptors (Lipinski definition) is 2. The minimum absolute atomic E-state index is 0.236. The van der Waals surface area contributed by atoms with E-state index in [0.717, 1.165) is 4.42 Å². The maximum absolute atomic E-state index is 11.0. The lowest BCUT2D eigenvalue weighted by Gasteiger charge is -2.12. The second-order valence-corrected chi connectivity index (χ2v) is 2.72. The number of amides is 1. The van der Waals surface area contributed by atoms with Gasteiger partial charge >= 0.3 is 0 Å². The van der Waals surface area contributed by atoms with Crippen LogP contribution in [0.2, 0.25) is 0 Å². The number of nitrogens with zero attached hydrogens (tertiary/aromatic N) is 1. The van der Waals surface area contributed by atoms with E-state index in [1.165, 1.54) is 0 Å². The van der Waals surface area contributed by atoms with Crippen LogP contribution in [0.3, 0.4) is 0 Å². The average Bonchev–Trinajstić information content (AvgIpc) is 1.98. The third-order valence-electron chi connectivity index (χ3n) is 1.14. The molecule has 0 saturated carbocycles. The summed E-state index contributed by atoms with van der Waals surface area (Å²) >= 11 is 5.57. The molecule has 3 nitrogen and oxygen atoms in total. The van der Waals surface area contributed by atoms with Crippen LogP contribution in [0.4, 0.5) is 0 Å². The normalized spacial score (nSPS) is 9.36. The van der Waals surface area contributed by atoms with Gasteiger partial charge in [0.15, 0.2) is 0 Å². The molecule has 0 heterocycles. The van der Waals surface area contributed by atoms with E-state index in [4.69, 9.17) is 17.5 Å². The van der Waals surface area contributed by atoms with Gasteiger partial charge in [0, 0.05) is 23.9 Å². The average molecular weight is 177 g/mol. The van der Waals surface area contributed by atoms with Gasteiger partial charge in [0.2, 0.25) is 0 Å². The van der Waals surface area contributed by atoms with E-state index in [1.54, 1.807) is 6.92 Å². The van der Waals surface area contributed by atoms with E-state index < -0.39 is 0 Å². The van der Waals surface area contributed by atoms with E-state index in [-0.39, 0.29) is 5.91 Å². The Labute approximate surface area is 71.9 Å². The first kappa shape index (κ1) is 10.5. The van der Waals surface area contributed by atoms with Gasteiger partial charge in [-0.3, -0.25) is 9.21 Å². The van der Waals surface area contributed by atoms with Gasteiger partial charge in [-0.05, 0) is 19.9 Å². The fourth-order valence-corrected chi connectivity index (χ4v) is 0.803. The summed E-state index contributed by atoms with van der Waals surface area (Å²) in [6, 6.07) is 0. The van der Waals surface area contributed by atoms with Gasteiger partial charge in [0.1, 0.15) is 0 Å². The minimum atomic E-state index is -0.236. The molecule has 0 aliphatic rings. The molecule has 0 fully saturated rings. The molecular formula is C7H13ClN2O. The van der Waals surface area contributed by atoms with Gasteiger partial charge in [0.25, 0.3) is 5.91 Å². The zero-order valence-electron chi connectivity index (χ0n) is 6.64. The maximum atomic E-state index is 11.0. The first-order chi connectivity index (χ1) is 5.09. The third-order valence-corrected chi connectivity index (χ3v) is 1.47. The third kappa shape index (κ3) is 4.01. The van der Waals surface area contributed by atoms with Crippen LogP contribution in [0, 0.1) is 0 Å². The Morgan fingerprint density at radius 1 is 1.73 bits per heavy atom. The first-order valence-electron chi connectivity index (χ1n) is 3.42. The molecule has 11 heavy (non-hydrogen) atoms. The quantitative estimate of drug-likeness (QED) is 0.511.